The second kappa shape index (κ2) is 5.80. The van der Waals surface area contributed by atoms with Gasteiger partial charge in [-0.05, 0) is 19.3 Å². The summed E-state index contributed by atoms with van der Waals surface area (Å²) in [6.45, 7) is 3.55. The van der Waals surface area contributed by atoms with Crippen LogP contribution in [0.15, 0.2) is 12.7 Å². The van der Waals surface area contributed by atoms with Crippen LogP contribution in [0.1, 0.15) is 25.7 Å². The van der Waals surface area contributed by atoms with Gasteiger partial charge in [-0.1, -0.05) is 6.08 Å². The molecule has 0 radical (unpaired) electrons. The summed E-state index contributed by atoms with van der Waals surface area (Å²) in [5.41, 5.74) is -1.57. The van der Waals surface area contributed by atoms with Gasteiger partial charge < -0.3 is 9.47 Å². The van der Waals surface area contributed by atoms with Gasteiger partial charge in [-0.25, -0.2) is 0 Å². The normalized spacial score (nSPS) is 19.4. The van der Waals surface area contributed by atoms with Gasteiger partial charge in [0.05, 0.1) is 14.2 Å². The topological polar surface area (TPSA) is 69.7 Å². The first kappa shape index (κ1) is 14.4. The molecular formula is C13H18O5. The summed E-state index contributed by atoms with van der Waals surface area (Å²) >= 11 is 0. The number of ketones is 1. The van der Waals surface area contributed by atoms with E-state index < -0.39 is 23.3 Å². The van der Waals surface area contributed by atoms with Crippen molar-refractivity contribution in [2.45, 2.75) is 25.7 Å². The molecule has 5 heteroatoms. The number of ether oxygens (including phenoxy) is 2. The van der Waals surface area contributed by atoms with Gasteiger partial charge in [0.25, 0.3) is 0 Å². The molecule has 0 amide bonds. The van der Waals surface area contributed by atoms with E-state index in [1.165, 1.54) is 20.3 Å². The molecule has 1 saturated carbocycles. The minimum atomic E-state index is -1.57. The van der Waals surface area contributed by atoms with Crippen LogP contribution in [0.5, 0.6) is 0 Å². The maximum absolute atomic E-state index is 12.0. The van der Waals surface area contributed by atoms with E-state index in [-0.39, 0.29) is 12.2 Å². The van der Waals surface area contributed by atoms with Crippen molar-refractivity contribution in [1.82, 2.24) is 0 Å². The number of Topliss-reactive ketones (excluding diaryl/α,β-unsaturated/α-hetero) is 1. The molecule has 18 heavy (non-hydrogen) atoms. The predicted molar refractivity (Wildman–Crippen MR) is 63.6 cm³/mol. The van der Waals surface area contributed by atoms with Gasteiger partial charge in [0.15, 0.2) is 5.41 Å². The molecular weight excluding hydrogens is 236 g/mol. The Bertz CT molecular complexity index is 356. The summed E-state index contributed by atoms with van der Waals surface area (Å²) in [7, 11) is 2.39. The Kier molecular flexibility index (Phi) is 4.64. The van der Waals surface area contributed by atoms with Crippen molar-refractivity contribution in [3.05, 3.63) is 12.7 Å². The first-order valence-electron chi connectivity index (χ1n) is 5.85. The van der Waals surface area contributed by atoms with Crippen LogP contribution in [0.25, 0.3) is 0 Å². The number of methoxy groups -OCH3 is 2. The molecule has 1 atom stereocenters. The number of allylic oxidation sites excluding steroid dienone is 1. The van der Waals surface area contributed by atoms with Crippen LogP contribution in [0, 0.1) is 11.3 Å². The van der Waals surface area contributed by atoms with Crippen molar-refractivity contribution >= 4 is 17.7 Å². The van der Waals surface area contributed by atoms with Crippen LogP contribution in [-0.4, -0.2) is 31.9 Å². The Balaban J connectivity index is 3.27. The fourth-order valence-corrected chi connectivity index (χ4v) is 2.61. The summed E-state index contributed by atoms with van der Waals surface area (Å²) in [4.78, 5) is 36.0. The van der Waals surface area contributed by atoms with Crippen molar-refractivity contribution in [3.8, 4) is 0 Å². The van der Waals surface area contributed by atoms with Gasteiger partial charge in [-0.3, -0.25) is 14.4 Å². The monoisotopic (exact) mass is 254 g/mol. The maximum atomic E-state index is 12.0. The molecule has 5 nitrogen and oxygen atoms in total. The SMILES string of the molecule is C=CCC(C(=O)OC)(C(=O)OC)C1CCCC1=O. The average Bonchev–Trinajstić information content (AvgIpc) is 2.80. The van der Waals surface area contributed by atoms with Crippen LogP contribution in [0.2, 0.25) is 0 Å². The lowest BCUT2D eigenvalue weighted by atomic mass is 9.71. The zero-order valence-corrected chi connectivity index (χ0v) is 10.7. The second-order valence-electron chi connectivity index (χ2n) is 4.36. The molecule has 0 heterocycles. The zero-order chi connectivity index (χ0) is 13.8. The molecule has 1 fully saturated rings. The number of hydrogen-bond acceptors (Lipinski definition) is 5. The Morgan fingerprint density at radius 1 is 1.39 bits per heavy atom. The molecule has 0 aromatic carbocycles. The van der Waals surface area contributed by atoms with E-state index in [0.29, 0.717) is 19.3 Å². The van der Waals surface area contributed by atoms with Gasteiger partial charge in [0, 0.05) is 12.3 Å². The lowest BCUT2D eigenvalue weighted by Gasteiger charge is -2.31. The fourth-order valence-electron chi connectivity index (χ4n) is 2.61. The van der Waals surface area contributed by atoms with E-state index in [1.807, 2.05) is 0 Å². The van der Waals surface area contributed by atoms with Gasteiger partial charge >= 0.3 is 11.9 Å². The highest BCUT2D eigenvalue weighted by Gasteiger charge is 2.57. The fraction of sp³-hybridized carbons (Fsp3) is 0.615. The second-order valence-corrected chi connectivity index (χ2v) is 4.36. The summed E-state index contributed by atoms with van der Waals surface area (Å²) in [5, 5.41) is 0. The third-order valence-electron chi connectivity index (χ3n) is 3.47. The smallest absolute Gasteiger partial charge is 0.324 e. The minimum Gasteiger partial charge on any atom is -0.468 e. The van der Waals surface area contributed by atoms with E-state index in [1.54, 1.807) is 0 Å². The Morgan fingerprint density at radius 3 is 2.28 bits per heavy atom. The van der Waals surface area contributed by atoms with Crippen LogP contribution in [-0.2, 0) is 23.9 Å². The largest absolute Gasteiger partial charge is 0.468 e. The van der Waals surface area contributed by atoms with Gasteiger partial charge in [-0.2, -0.15) is 0 Å². The number of rotatable bonds is 5. The van der Waals surface area contributed by atoms with Gasteiger partial charge in [-0.15, -0.1) is 6.58 Å². The summed E-state index contributed by atoms with van der Waals surface area (Å²) in [6, 6.07) is 0. The van der Waals surface area contributed by atoms with Crippen molar-refractivity contribution in [3.63, 3.8) is 0 Å². The van der Waals surface area contributed by atoms with E-state index in [2.05, 4.69) is 6.58 Å². The minimum absolute atomic E-state index is 0.0444. The summed E-state index contributed by atoms with van der Waals surface area (Å²) < 4.78 is 9.42. The first-order valence-corrected chi connectivity index (χ1v) is 5.85. The zero-order valence-electron chi connectivity index (χ0n) is 10.7. The molecule has 0 saturated heterocycles. The van der Waals surface area contributed by atoms with Crippen LogP contribution < -0.4 is 0 Å². The van der Waals surface area contributed by atoms with Crippen molar-refractivity contribution in [1.29, 1.82) is 0 Å². The lowest BCUT2D eigenvalue weighted by molar-refractivity contribution is -0.175. The van der Waals surface area contributed by atoms with Gasteiger partial charge in [0.2, 0.25) is 0 Å². The van der Waals surface area contributed by atoms with E-state index in [0.717, 1.165) is 0 Å². The maximum Gasteiger partial charge on any atom is 0.324 e. The summed E-state index contributed by atoms with van der Waals surface area (Å²) in [6.07, 6.45) is 3.05. The van der Waals surface area contributed by atoms with Crippen LogP contribution in [0.4, 0.5) is 0 Å². The summed E-state index contributed by atoms with van der Waals surface area (Å²) in [5.74, 6) is -2.22. The highest BCUT2D eigenvalue weighted by molar-refractivity contribution is 6.05. The van der Waals surface area contributed by atoms with E-state index in [4.69, 9.17) is 9.47 Å². The Morgan fingerprint density at radius 2 is 1.94 bits per heavy atom. The third kappa shape index (κ3) is 2.17. The van der Waals surface area contributed by atoms with Crippen molar-refractivity contribution in [2.24, 2.45) is 11.3 Å². The van der Waals surface area contributed by atoms with E-state index in [9.17, 15) is 14.4 Å². The molecule has 0 aromatic rings. The number of esters is 2. The molecule has 1 aliphatic carbocycles. The number of carbonyl (C=O) groups is 3. The van der Waals surface area contributed by atoms with Crippen molar-refractivity contribution < 1.29 is 23.9 Å². The van der Waals surface area contributed by atoms with Crippen molar-refractivity contribution in [2.75, 3.05) is 14.2 Å². The molecule has 1 aliphatic rings. The average molecular weight is 254 g/mol. The molecule has 1 rings (SSSR count). The Hall–Kier alpha value is -1.65. The number of carbonyl (C=O) groups excluding carboxylic acids is 3. The standard InChI is InChI=1S/C13H18O5/c1-4-8-13(11(15)17-2,12(16)18-3)9-6-5-7-10(9)14/h4,9H,1,5-8H2,2-3H3. The molecule has 100 valence electrons. The third-order valence-corrected chi connectivity index (χ3v) is 3.47. The highest BCUT2D eigenvalue weighted by Crippen LogP contribution is 2.42. The number of hydrogen-bond donors (Lipinski definition) is 0. The van der Waals surface area contributed by atoms with Gasteiger partial charge in [0.1, 0.15) is 5.78 Å². The first-order chi connectivity index (χ1) is 8.54. The van der Waals surface area contributed by atoms with E-state index >= 15 is 0 Å². The predicted octanol–water partition coefficient (Wildman–Crippen LogP) is 1.26. The van der Waals surface area contributed by atoms with Crippen LogP contribution >= 0.6 is 0 Å². The molecule has 1 unspecified atom stereocenters. The molecule has 0 spiro atoms. The Labute approximate surface area is 106 Å². The lowest BCUT2D eigenvalue weighted by Crippen LogP contribution is -2.48. The molecule has 0 bridgehead atoms. The highest BCUT2D eigenvalue weighted by atomic mass is 16.5. The molecule has 0 aliphatic heterocycles. The quantitative estimate of drug-likeness (QED) is 0.420. The molecule has 0 aromatic heterocycles. The molecule has 0 N–H and O–H groups in total. The van der Waals surface area contributed by atoms with Crippen LogP contribution in [0.3, 0.4) is 0 Å².